The number of halogens is 1. The highest BCUT2D eigenvalue weighted by atomic mass is 35.5. The molecule has 0 aliphatic heterocycles. The molecule has 1 atom stereocenters. The molecular weight excluding hydrogens is 256 g/mol. The number of amides is 1. The molecule has 0 aliphatic rings. The average Bonchev–Trinajstić information content (AvgIpc) is 2.30. The third-order valence-corrected chi connectivity index (χ3v) is 3.75. The molecule has 5 heteroatoms. The molecule has 0 aromatic heterocycles. The quantitative estimate of drug-likeness (QED) is 0.799. The molecule has 1 unspecified atom stereocenters. The van der Waals surface area contributed by atoms with Crippen molar-refractivity contribution < 1.29 is 4.79 Å². The first-order valence-electron chi connectivity index (χ1n) is 5.49. The van der Waals surface area contributed by atoms with Crippen LogP contribution in [0, 0.1) is 0 Å². The summed E-state index contributed by atoms with van der Waals surface area (Å²) in [6, 6.07) is 7.45. The standard InChI is InChI=1S/C12H17ClN2OS/c1-2-15-11(12(14)16)8-17-7-9-5-3-4-6-10(9)13/h3-6,11,15H,2,7-8H2,1H3,(H2,14,16). The Bertz CT molecular complexity index is 373. The first-order valence-corrected chi connectivity index (χ1v) is 7.02. The Morgan fingerprint density at radius 3 is 2.82 bits per heavy atom. The van der Waals surface area contributed by atoms with Gasteiger partial charge in [0.2, 0.25) is 5.91 Å². The molecule has 0 spiro atoms. The summed E-state index contributed by atoms with van der Waals surface area (Å²) in [6.45, 7) is 2.69. The Morgan fingerprint density at radius 1 is 1.53 bits per heavy atom. The predicted molar refractivity (Wildman–Crippen MR) is 74.3 cm³/mol. The van der Waals surface area contributed by atoms with Gasteiger partial charge >= 0.3 is 0 Å². The second-order valence-electron chi connectivity index (χ2n) is 3.62. The van der Waals surface area contributed by atoms with E-state index in [-0.39, 0.29) is 11.9 Å². The van der Waals surface area contributed by atoms with Gasteiger partial charge in [-0.25, -0.2) is 0 Å². The van der Waals surface area contributed by atoms with Gasteiger partial charge in [0.05, 0.1) is 6.04 Å². The van der Waals surface area contributed by atoms with Crippen LogP contribution in [-0.2, 0) is 10.5 Å². The number of carbonyl (C=O) groups excluding carboxylic acids is 1. The Labute approximate surface area is 111 Å². The summed E-state index contributed by atoms with van der Waals surface area (Å²) in [4.78, 5) is 11.1. The molecule has 94 valence electrons. The molecule has 1 amide bonds. The summed E-state index contributed by atoms with van der Waals surface area (Å²) in [5.74, 6) is 1.14. The zero-order chi connectivity index (χ0) is 12.7. The molecule has 0 saturated carbocycles. The van der Waals surface area contributed by atoms with E-state index in [9.17, 15) is 4.79 Å². The molecule has 1 rings (SSSR count). The molecule has 3 nitrogen and oxygen atoms in total. The SMILES string of the molecule is CCNC(CSCc1ccccc1Cl)C(N)=O. The van der Waals surface area contributed by atoms with Crippen molar-refractivity contribution in [3.8, 4) is 0 Å². The van der Waals surface area contributed by atoms with Gasteiger partial charge in [-0.05, 0) is 18.2 Å². The third-order valence-electron chi connectivity index (χ3n) is 2.29. The van der Waals surface area contributed by atoms with Gasteiger partial charge in [-0.1, -0.05) is 36.7 Å². The van der Waals surface area contributed by atoms with E-state index in [1.54, 1.807) is 11.8 Å². The van der Waals surface area contributed by atoms with Gasteiger partial charge in [-0.15, -0.1) is 0 Å². The topological polar surface area (TPSA) is 55.1 Å². The van der Waals surface area contributed by atoms with Crippen molar-refractivity contribution in [2.24, 2.45) is 5.73 Å². The third kappa shape index (κ3) is 4.98. The number of nitrogens with two attached hydrogens (primary N) is 1. The van der Waals surface area contributed by atoms with Crippen LogP contribution < -0.4 is 11.1 Å². The Balaban J connectivity index is 2.41. The summed E-state index contributed by atoms with van der Waals surface area (Å²) in [6.07, 6.45) is 0. The highest BCUT2D eigenvalue weighted by Gasteiger charge is 2.13. The minimum Gasteiger partial charge on any atom is -0.368 e. The minimum atomic E-state index is -0.307. The molecule has 0 fully saturated rings. The fourth-order valence-electron chi connectivity index (χ4n) is 1.39. The zero-order valence-electron chi connectivity index (χ0n) is 9.78. The predicted octanol–water partition coefficient (Wildman–Crippen LogP) is 2.04. The number of benzene rings is 1. The smallest absolute Gasteiger partial charge is 0.235 e. The Morgan fingerprint density at radius 2 is 2.24 bits per heavy atom. The van der Waals surface area contributed by atoms with E-state index in [4.69, 9.17) is 17.3 Å². The fourth-order valence-corrected chi connectivity index (χ4v) is 2.78. The summed E-state index contributed by atoms with van der Waals surface area (Å²) in [5, 5.41) is 3.82. The van der Waals surface area contributed by atoms with E-state index in [0.29, 0.717) is 5.75 Å². The van der Waals surface area contributed by atoms with E-state index in [1.165, 1.54) is 0 Å². The number of hydrogen-bond acceptors (Lipinski definition) is 3. The lowest BCUT2D eigenvalue weighted by Crippen LogP contribution is -2.43. The number of hydrogen-bond donors (Lipinski definition) is 2. The molecule has 1 aromatic rings. The van der Waals surface area contributed by atoms with Crippen LogP contribution in [0.3, 0.4) is 0 Å². The Hall–Kier alpha value is -0.710. The molecule has 3 N–H and O–H groups in total. The molecular formula is C12H17ClN2OS. The maximum absolute atomic E-state index is 11.1. The van der Waals surface area contributed by atoms with Crippen molar-refractivity contribution in [3.63, 3.8) is 0 Å². The second-order valence-corrected chi connectivity index (χ2v) is 5.06. The number of carbonyl (C=O) groups is 1. The Kier molecular flexibility index (Phi) is 6.40. The second kappa shape index (κ2) is 7.58. The molecule has 17 heavy (non-hydrogen) atoms. The highest BCUT2D eigenvalue weighted by Crippen LogP contribution is 2.20. The monoisotopic (exact) mass is 272 g/mol. The number of likely N-dealkylation sites (N-methyl/N-ethyl adjacent to an activating group) is 1. The summed E-state index contributed by atoms with van der Waals surface area (Å²) >= 11 is 7.69. The van der Waals surface area contributed by atoms with Crippen LogP contribution in [0.2, 0.25) is 5.02 Å². The van der Waals surface area contributed by atoms with Gasteiger partial charge < -0.3 is 11.1 Å². The zero-order valence-corrected chi connectivity index (χ0v) is 11.4. The molecule has 1 aromatic carbocycles. The average molecular weight is 273 g/mol. The van der Waals surface area contributed by atoms with Crippen molar-refractivity contribution >= 4 is 29.3 Å². The van der Waals surface area contributed by atoms with Crippen LogP contribution in [0.5, 0.6) is 0 Å². The van der Waals surface area contributed by atoms with Crippen LogP contribution in [-0.4, -0.2) is 24.2 Å². The lowest BCUT2D eigenvalue weighted by molar-refractivity contribution is -0.119. The van der Waals surface area contributed by atoms with Gasteiger partial charge in [0.25, 0.3) is 0 Å². The van der Waals surface area contributed by atoms with E-state index in [0.717, 1.165) is 22.9 Å². The molecule has 0 saturated heterocycles. The maximum Gasteiger partial charge on any atom is 0.235 e. The van der Waals surface area contributed by atoms with E-state index < -0.39 is 0 Å². The summed E-state index contributed by atoms with van der Waals surface area (Å²) < 4.78 is 0. The van der Waals surface area contributed by atoms with Crippen molar-refractivity contribution in [2.75, 3.05) is 12.3 Å². The van der Waals surface area contributed by atoms with Crippen molar-refractivity contribution in [3.05, 3.63) is 34.9 Å². The maximum atomic E-state index is 11.1. The highest BCUT2D eigenvalue weighted by molar-refractivity contribution is 7.98. The van der Waals surface area contributed by atoms with Crippen LogP contribution in [0.15, 0.2) is 24.3 Å². The fraction of sp³-hybridized carbons (Fsp3) is 0.417. The molecule has 0 bridgehead atoms. The first kappa shape index (κ1) is 14.4. The first-order chi connectivity index (χ1) is 8.15. The van der Waals surface area contributed by atoms with Crippen LogP contribution in [0.4, 0.5) is 0 Å². The van der Waals surface area contributed by atoms with Gasteiger partial charge in [0.1, 0.15) is 0 Å². The molecule has 0 radical (unpaired) electrons. The van der Waals surface area contributed by atoms with Crippen molar-refractivity contribution in [1.82, 2.24) is 5.32 Å². The van der Waals surface area contributed by atoms with Gasteiger partial charge in [0, 0.05) is 16.5 Å². The summed E-state index contributed by atoms with van der Waals surface area (Å²) in [5.41, 5.74) is 6.37. The van der Waals surface area contributed by atoms with Crippen molar-refractivity contribution in [2.45, 2.75) is 18.7 Å². The number of primary amides is 1. The van der Waals surface area contributed by atoms with Gasteiger partial charge in [0.15, 0.2) is 0 Å². The summed E-state index contributed by atoms with van der Waals surface area (Å²) in [7, 11) is 0. The number of nitrogens with one attached hydrogen (secondary N) is 1. The van der Waals surface area contributed by atoms with Gasteiger partial charge in [-0.3, -0.25) is 4.79 Å². The lowest BCUT2D eigenvalue weighted by Gasteiger charge is -2.13. The number of rotatable bonds is 7. The van der Waals surface area contributed by atoms with Crippen LogP contribution in [0.1, 0.15) is 12.5 Å². The van der Waals surface area contributed by atoms with E-state index >= 15 is 0 Å². The lowest BCUT2D eigenvalue weighted by atomic mass is 10.2. The normalized spacial score (nSPS) is 12.4. The van der Waals surface area contributed by atoms with E-state index in [2.05, 4.69) is 5.32 Å². The molecule has 0 heterocycles. The van der Waals surface area contributed by atoms with Crippen LogP contribution >= 0.6 is 23.4 Å². The molecule has 0 aliphatic carbocycles. The largest absolute Gasteiger partial charge is 0.368 e. The van der Waals surface area contributed by atoms with Gasteiger partial charge in [-0.2, -0.15) is 11.8 Å². The van der Waals surface area contributed by atoms with Crippen molar-refractivity contribution in [1.29, 1.82) is 0 Å². The van der Waals surface area contributed by atoms with Crippen LogP contribution in [0.25, 0.3) is 0 Å². The minimum absolute atomic E-state index is 0.271. The number of thioether (sulfide) groups is 1. The van der Waals surface area contributed by atoms with E-state index in [1.807, 2.05) is 31.2 Å².